The van der Waals surface area contributed by atoms with E-state index in [4.69, 9.17) is 9.98 Å². The van der Waals surface area contributed by atoms with Crippen molar-refractivity contribution in [1.82, 2.24) is 4.31 Å². The van der Waals surface area contributed by atoms with Crippen molar-refractivity contribution in [3.8, 4) is 0 Å². The molecule has 1 aliphatic rings. The van der Waals surface area contributed by atoms with Gasteiger partial charge in [-0.25, -0.2) is 4.99 Å². The van der Waals surface area contributed by atoms with Crippen LogP contribution in [0.2, 0.25) is 0 Å². The average molecular weight is 685 g/mol. The van der Waals surface area contributed by atoms with Crippen LogP contribution < -0.4 is 5.32 Å². The van der Waals surface area contributed by atoms with Gasteiger partial charge < -0.3 is 5.32 Å². The quantitative estimate of drug-likeness (QED) is 0.0789. The highest BCUT2D eigenvalue weighted by molar-refractivity contribution is 8.16. The predicted octanol–water partition coefficient (Wildman–Crippen LogP) is 13.5. The number of nitrogens with one attached hydrogen (secondary N) is 1. The first-order valence-corrected chi connectivity index (χ1v) is 21.8. The molecule has 7 heteroatoms. The highest BCUT2D eigenvalue weighted by Crippen LogP contribution is 2.32. The number of aliphatic imine (C=N–C) groups is 2. The monoisotopic (exact) mass is 684 g/mol. The number of thioether (sulfide) groups is 2. The second-order valence-corrected chi connectivity index (χ2v) is 16.0. The van der Waals surface area contributed by atoms with Crippen LogP contribution in [0.1, 0.15) is 149 Å². The molecule has 1 N–H and O–H groups in total. The third-order valence-electron chi connectivity index (χ3n) is 8.64. The Bertz CT molecular complexity index is 1120. The maximum Gasteiger partial charge on any atom is 0.210 e. The van der Waals surface area contributed by atoms with Crippen LogP contribution in [0.15, 0.2) is 52.4 Å². The zero-order chi connectivity index (χ0) is 32.5. The van der Waals surface area contributed by atoms with Gasteiger partial charge in [0.1, 0.15) is 0 Å². The van der Waals surface area contributed by atoms with Crippen LogP contribution >= 0.6 is 35.5 Å². The summed E-state index contributed by atoms with van der Waals surface area (Å²) in [4.78, 5) is 10.4. The summed E-state index contributed by atoms with van der Waals surface area (Å²) < 4.78 is 2.33. The van der Waals surface area contributed by atoms with E-state index in [0.717, 1.165) is 33.3 Å². The Hall–Kier alpha value is -1.31. The van der Waals surface area contributed by atoms with Gasteiger partial charge in [-0.15, -0.1) is 0 Å². The first-order chi connectivity index (χ1) is 22.8. The Morgan fingerprint density at radius 3 is 1.72 bits per heavy atom. The Kier molecular flexibility index (Phi) is 21.8. The number of benzene rings is 2. The van der Waals surface area contributed by atoms with Crippen molar-refractivity contribution in [2.45, 2.75) is 155 Å². The molecule has 46 heavy (non-hydrogen) atoms. The maximum absolute atomic E-state index is 5.19. The second-order valence-electron chi connectivity index (χ2n) is 12.7. The fourth-order valence-corrected chi connectivity index (χ4v) is 8.75. The van der Waals surface area contributed by atoms with Crippen molar-refractivity contribution >= 4 is 62.3 Å². The molecule has 0 radical (unpaired) electrons. The number of nitrogens with zero attached hydrogens (tertiary/aromatic N) is 3. The number of unbranched alkanes of at least 4 members (excludes halogenated alkanes) is 18. The van der Waals surface area contributed by atoms with E-state index in [1.54, 1.807) is 0 Å². The molecule has 0 spiro atoms. The van der Waals surface area contributed by atoms with Crippen LogP contribution in [0.3, 0.4) is 0 Å². The smallest absolute Gasteiger partial charge is 0.210 e. The average Bonchev–Trinajstić information content (AvgIpc) is 3.07. The molecule has 0 unspecified atom stereocenters. The standard InChI is InChI=1S/C39H64N4S3/c1-4-7-9-11-13-15-17-19-21-25-32-44-38-41-37(40-36-31-27-29-34-28-23-24-30-35(34)36)43(46-6-3)39(42-38)45-33-26-22-20-18-16-14-12-10-8-5-2/h23-24,27-31,37,40H,4-22,25-26,32-33H2,1-3H3/t37-/m1/s1. The molecule has 0 aromatic heterocycles. The molecule has 1 heterocycles. The van der Waals surface area contributed by atoms with Gasteiger partial charge in [-0.2, -0.15) is 4.99 Å². The van der Waals surface area contributed by atoms with E-state index >= 15 is 0 Å². The molecule has 2 aromatic rings. The Morgan fingerprint density at radius 1 is 0.609 bits per heavy atom. The first-order valence-electron chi connectivity index (χ1n) is 18.8. The Morgan fingerprint density at radius 2 is 1.13 bits per heavy atom. The fourth-order valence-electron chi connectivity index (χ4n) is 5.94. The molecule has 3 rings (SSSR count). The van der Waals surface area contributed by atoms with E-state index in [2.05, 4.69) is 72.9 Å². The Labute approximate surface area is 295 Å². The van der Waals surface area contributed by atoms with E-state index in [1.807, 2.05) is 35.5 Å². The summed E-state index contributed by atoms with van der Waals surface area (Å²) in [5, 5.41) is 8.35. The molecular formula is C39H64N4S3. The number of rotatable bonds is 26. The highest BCUT2D eigenvalue weighted by atomic mass is 32.2. The van der Waals surface area contributed by atoms with Crippen LogP contribution in [-0.2, 0) is 0 Å². The summed E-state index contributed by atoms with van der Waals surface area (Å²) >= 11 is 5.60. The lowest BCUT2D eigenvalue weighted by atomic mass is 10.1. The topological polar surface area (TPSA) is 40.0 Å². The summed E-state index contributed by atoms with van der Waals surface area (Å²) in [6.07, 6.45) is 27.2. The van der Waals surface area contributed by atoms with Gasteiger partial charge in [0.2, 0.25) is 6.29 Å². The molecule has 0 saturated heterocycles. The third-order valence-corrected chi connectivity index (χ3v) is 11.6. The van der Waals surface area contributed by atoms with Gasteiger partial charge >= 0.3 is 0 Å². The second kappa shape index (κ2) is 25.7. The van der Waals surface area contributed by atoms with Crippen molar-refractivity contribution in [2.75, 3.05) is 22.6 Å². The molecule has 0 fully saturated rings. The van der Waals surface area contributed by atoms with Gasteiger partial charge in [-0.05, 0) is 36.2 Å². The summed E-state index contributed by atoms with van der Waals surface area (Å²) in [6, 6.07) is 15.1. The number of hydrogen-bond donors (Lipinski definition) is 1. The number of amidine groups is 2. The van der Waals surface area contributed by atoms with Gasteiger partial charge in [0.05, 0.1) is 0 Å². The summed E-state index contributed by atoms with van der Waals surface area (Å²) in [5.41, 5.74) is 1.13. The minimum Gasteiger partial charge on any atom is -0.345 e. The molecule has 0 aliphatic carbocycles. The minimum absolute atomic E-state index is 0.168. The van der Waals surface area contributed by atoms with E-state index < -0.39 is 0 Å². The third kappa shape index (κ3) is 15.7. The van der Waals surface area contributed by atoms with E-state index in [-0.39, 0.29) is 6.29 Å². The highest BCUT2D eigenvalue weighted by Gasteiger charge is 2.28. The van der Waals surface area contributed by atoms with Crippen LogP contribution in [0, 0.1) is 0 Å². The van der Waals surface area contributed by atoms with Crippen LogP contribution in [0.5, 0.6) is 0 Å². The van der Waals surface area contributed by atoms with Crippen LogP contribution in [0.4, 0.5) is 5.69 Å². The lowest BCUT2D eigenvalue weighted by Gasteiger charge is -2.34. The number of anilines is 1. The molecule has 258 valence electrons. The van der Waals surface area contributed by atoms with Gasteiger partial charge in [-0.3, -0.25) is 4.31 Å². The van der Waals surface area contributed by atoms with Gasteiger partial charge in [-0.1, -0.05) is 196 Å². The predicted molar refractivity (Wildman–Crippen MR) is 215 cm³/mol. The lowest BCUT2D eigenvalue weighted by Crippen LogP contribution is -2.41. The molecule has 0 saturated carbocycles. The summed E-state index contributed by atoms with van der Waals surface area (Å²) in [6.45, 7) is 6.82. The maximum atomic E-state index is 5.19. The van der Waals surface area contributed by atoms with Gasteiger partial charge in [0.25, 0.3) is 0 Å². The number of hydrogen-bond acceptors (Lipinski definition) is 7. The van der Waals surface area contributed by atoms with E-state index in [9.17, 15) is 0 Å². The zero-order valence-electron chi connectivity index (χ0n) is 29.4. The Balaban J connectivity index is 1.53. The van der Waals surface area contributed by atoms with Crippen molar-refractivity contribution < 1.29 is 0 Å². The molecule has 0 bridgehead atoms. The summed E-state index contributed by atoms with van der Waals surface area (Å²) in [7, 11) is 0. The fraction of sp³-hybridized carbons (Fsp3) is 0.692. The normalized spacial score (nSPS) is 14.9. The lowest BCUT2D eigenvalue weighted by molar-refractivity contribution is 0.545. The van der Waals surface area contributed by atoms with E-state index in [1.165, 1.54) is 139 Å². The number of fused-ring (bicyclic) bond motifs is 1. The molecule has 1 aliphatic heterocycles. The molecule has 4 nitrogen and oxygen atoms in total. The molecular weight excluding hydrogens is 621 g/mol. The van der Waals surface area contributed by atoms with Crippen molar-refractivity contribution in [3.05, 3.63) is 42.5 Å². The van der Waals surface area contributed by atoms with Crippen LogP contribution in [-0.4, -0.2) is 38.2 Å². The molecule has 0 amide bonds. The first kappa shape index (κ1) is 39.1. The van der Waals surface area contributed by atoms with E-state index in [0.29, 0.717) is 0 Å². The van der Waals surface area contributed by atoms with Crippen molar-refractivity contribution in [1.29, 1.82) is 0 Å². The minimum atomic E-state index is -0.168. The van der Waals surface area contributed by atoms with Gasteiger partial charge in [0.15, 0.2) is 10.3 Å². The van der Waals surface area contributed by atoms with Crippen LogP contribution in [0.25, 0.3) is 10.8 Å². The van der Waals surface area contributed by atoms with Crippen molar-refractivity contribution in [2.24, 2.45) is 9.98 Å². The largest absolute Gasteiger partial charge is 0.345 e. The van der Waals surface area contributed by atoms with Gasteiger partial charge in [0, 0.05) is 28.3 Å². The zero-order valence-corrected chi connectivity index (χ0v) is 31.9. The molecule has 2 aromatic carbocycles. The SMILES string of the molecule is CCCCCCCCCCCCSC1=N[C@@H](Nc2cccc3ccccc23)N(SCC)C(SCCCCCCCCCCCC)=N1. The molecule has 1 atom stereocenters. The summed E-state index contributed by atoms with van der Waals surface area (Å²) in [5.74, 6) is 3.20. The van der Waals surface area contributed by atoms with Crippen molar-refractivity contribution in [3.63, 3.8) is 0 Å².